The zero-order valence-corrected chi connectivity index (χ0v) is 17.5. The first kappa shape index (κ1) is 20.1. The molecule has 1 aliphatic rings. The van der Waals surface area contributed by atoms with Crippen molar-refractivity contribution in [3.8, 4) is 5.88 Å². The van der Waals surface area contributed by atoms with Crippen molar-refractivity contribution < 1.29 is 4.74 Å². The first-order chi connectivity index (χ1) is 14.5. The predicted molar refractivity (Wildman–Crippen MR) is 116 cm³/mol. The van der Waals surface area contributed by atoms with Crippen LogP contribution in [0.25, 0.3) is 0 Å². The van der Waals surface area contributed by atoms with Crippen LogP contribution in [0, 0.1) is 0 Å². The molecule has 30 heavy (non-hydrogen) atoms. The molecule has 0 radical (unpaired) electrons. The highest BCUT2D eigenvalue weighted by Gasteiger charge is 2.19. The number of methoxy groups -OCH3 is 1. The van der Waals surface area contributed by atoms with E-state index in [0.717, 1.165) is 36.3 Å². The number of anilines is 3. The normalized spacial score (nSPS) is 13.6. The van der Waals surface area contributed by atoms with E-state index < -0.39 is 0 Å². The Morgan fingerprint density at radius 3 is 3.00 bits per heavy atom. The predicted octanol–water partition coefficient (Wildman–Crippen LogP) is 2.57. The second-order valence-electron chi connectivity index (χ2n) is 7.07. The van der Waals surface area contributed by atoms with E-state index in [0.29, 0.717) is 34.9 Å². The highest BCUT2D eigenvalue weighted by Crippen LogP contribution is 2.30. The third-order valence-electron chi connectivity index (χ3n) is 4.81. The number of aromatic amines is 1. The maximum Gasteiger partial charge on any atom is 0.248 e. The molecule has 0 amide bonds. The lowest BCUT2D eigenvalue weighted by atomic mass is 10.1. The fourth-order valence-corrected chi connectivity index (χ4v) is 3.45. The molecule has 0 unspecified atom stereocenters. The van der Waals surface area contributed by atoms with Crippen molar-refractivity contribution in [3.05, 3.63) is 62.8 Å². The van der Waals surface area contributed by atoms with Crippen LogP contribution in [0.5, 0.6) is 5.88 Å². The molecule has 156 valence electrons. The van der Waals surface area contributed by atoms with E-state index in [2.05, 4.69) is 42.5 Å². The van der Waals surface area contributed by atoms with Gasteiger partial charge < -0.3 is 25.3 Å². The van der Waals surface area contributed by atoms with Gasteiger partial charge in [0.25, 0.3) is 0 Å². The Balaban J connectivity index is 1.56. The molecule has 3 N–H and O–H groups in total. The Bertz CT molecular complexity index is 1120. The number of nitrogens with one attached hydrogen (secondary N) is 3. The fourth-order valence-electron chi connectivity index (χ4n) is 3.30. The van der Waals surface area contributed by atoms with Crippen LogP contribution in [-0.4, -0.2) is 45.5 Å². The molecule has 0 spiro atoms. The molecule has 4 rings (SSSR count). The van der Waals surface area contributed by atoms with Gasteiger partial charge in [-0.25, -0.2) is 9.97 Å². The quantitative estimate of drug-likeness (QED) is 0.550. The van der Waals surface area contributed by atoms with Crippen LogP contribution < -0.4 is 20.9 Å². The van der Waals surface area contributed by atoms with Gasteiger partial charge in [-0.15, -0.1) is 0 Å². The molecule has 0 fully saturated rings. The van der Waals surface area contributed by atoms with E-state index in [9.17, 15) is 4.79 Å². The molecule has 0 aliphatic carbocycles. The number of pyridine rings is 2. The van der Waals surface area contributed by atoms with Gasteiger partial charge in [-0.1, -0.05) is 11.6 Å². The first-order valence-corrected chi connectivity index (χ1v) is 9.86. The topological polar surface area (TPSA) is 108 Å². The average molecular weight is 428 g/mol. The summed E-state index contributed by atoms with van der Waals surface area (Å²) in [5.74, 6) is 1.31. The van der Waals surface area contributed by atoms with Gasteiger partial charge in [-0.3, -0.25) is 4.79 Å². The summed E-state index contributed by atoms with van der Waals surface area (Å²) in [5, 5.41) is 6.70. The molecule has 0 bridgehead atoms. The third-order valence-corrected chi connectivity index (χ3v) is 5.09. The van der Waals surface area contributed by atoms with E-state index in [1.165, 1.54) is 12.3 Å². The van der Waals surface area contributed by atoms with Crippen LogP contribution in [0.2, 0.25) is 5.02 Å². The second kappa shape index (κ2) is 8.68. The molecule has 3 aromatic heterocycles. The molecule has 0 saturated heterocycles. The number of halogens is 1. The maximum absolute atomic E-state index is 11.4. The summed E-state index contributed by atoms with van der Waals surface area (Å²) in [5.41, 5.74) is 3.53. The van der Waals surface area contributed by atoms with Crippen LogP contribution in [0.4, 0.5) is 17.5 Å². The second-order valence-corrected chi connectivity index (χ2v) is 7.48. The van der Waals surface area contributed by atoms with E-state index in [1.807, 2.05) is 12.1 Å². The van der Waals surface area contributed by atoms with Crippen LogP contribution in [0.15, 0.2) is 35.4 Å². The summed E-state index contributed by atoms with van der Waals surface area (Å²) in [6, 6.07) is 5.35. The summed E-state index contributed by atoms with van der Waals surface area (Å²) in [6.07, 6.45) is 4.00. The Hall–Kier alpha value is -3.17. The lowest BCUT2D eigenvalue weighted by Gasteiger charge is -2.25. The molecule has 9 nitrogen and oxygen atoms in total. The number of fused-ring (bicyclic) bond motifs is 1. The number of hydrogen-bond acceptors (Lipinski definition) is 8. The van der Waals surface area contributed by atoms with Gasteiger partial charge in [-0.2, -0.15) is 4.98 Å². The summed E-state index contributed by atoms with van der Waals surface area (Å²) in [7, 11) is 3.67. The molecular weight excluding hydrogens is 406 g/mol. The molecule has 0 saturated carbocycles. The highest BCUT2D eigenvalue weighted by molar-refractivity contribution is 6.32. The molecule has 10 heteroatoms. The van der Waals surface area contributed by atoms with Crippen molar-refractivity contribution in [1.82, 2.24) is 24.8 Å². The van der Waals surface area contributed by atoms with Crippen molar-refractivity contribution in [2.75, 3.05) is 31.3 Å². The lowest BCUT2D eigenvalue weighted by Crippen LogP contribution is -2.27. The van der Waals surface area contributed by atoms with Gasteiger partial charge in [0.1, 0.15) is 10.7 Å². The molecule has 1 aliphatic heterocycles. The van der Waals surface area contributed by atoms with E-state index in [4.69, 9.17) is 16.3 Å². The Morgan fingerprint density at radius 2 is 2.20 bits per heavy atom. The van der Waals surface area contributed by atoms with Crippen molar-refractivity contribution in [2.45, 2.75) is 19.5 Å². The summed E-state index contributed by atoms with van der Waals surface area (Å²) in [4.78, 5) is 29.6. The van der Waals surface area contributed by atoms with E-state index in [-0.39, 0.29) is 5.56 Å². The Morgan fingerprint density at radius 1 is 1.33 bits per heavy atom. The average Bonchev–Trinajstić information content (AvgIpc) is 2.73. The van der Waals surface area contributed by atoms with Crippen LogP contribution >= 0.6 is 11.6 Å². The number of ether oxygens (including phenoxy) is 1. The number of hydrogen-bond donors (Lipinski definition) is 3. The van der Waals surface area contributed by atoms with Crippen molar-refractivity contribution in [1.29, 1.82) is 0 Å². The molecule has 4 heterocycles. The SMILES string of the molecule is COc1nc2c(cc1Nc1ncc(Cl)c(NCc3cc[nH]c(=O)c3)n1)CN(C)CC2. The number of nitrogens with zero attached hydrogens (tertiary/aromatic N) is 4. The van der Waals surface area contributed by atoms with Gasteiger partial charge in [-0.05, 0) is 30.3 Å². The van der Waals surface area contributed by atoms with Gasteiger partial charge in [0.05, 0.1) is 19.0 Å². The van der Waals surface area contributed by atoms with Crippen LogP contribution in [0.3, 0.4) is 0 Å². The van der Waals surface area contributed by atoms with E-state index >= 15 is 0 Å². The fraction of sp³-hybridized carbons (Fsp3) is 0.300. The van der Waals surface area contributed by atoms with Crippen LogP contribution in [-0.2, 0) is 19.5 Å². The molecule has 3 aromatic rings. The van der Waals surface area contributed by atoms with Crippen molar-refractivity contribution in [3.63, 3.8) is 0 Å². The first-order valence-electron chi connectivity index (χ1n) is 9.48. The van der Waals surface area contributed by atoms with Crippen LogP contribution in [0.1, 0.15) is 16.8 Å². The smallest absolute Gasteiger partial charge is 0.248 e. The molecule has 0 atom stereocenters. The summed E-state index contributed by atoms with van der Waals surface area (Å²) >= 11 is 6.24. The van der Waals surface area contributed by atoms with Crippen molar-refractivity contribution >= 4 is 29.1 Å². The number of H-pyrrole nitrogens is 1. The Kier molecular flexibility index (Phi) is 5.82. The van der Waals surface area contributed by atoms with Gasteiger partial charge in [0.15, 0.2) is 5.82 Å². The van der Waals surface area contributed by atoms with E-state index in [1.54, 1.807) is 13.3 Å². The highest BCUT2D eigenvalue weighted by atomic mass is 35.5. The minimum atomic E-state index is -0.164. The number of likely N-dealkylation sites (N-methyl/N-ethyl adjacent to an activating group) is 1. The largest absolute Gasteiger partial charge is 0.480 e. The summed E-state index contributed by atoms with van der Waals surface area (Å²) < 4.78 is 5.46. The zero-order valence-electron chi connectivity index (χ0n) is 16.7. The number of aromatic nitrogens is 4. The Labute approximate surface area is 178 Å². The van der Waals surface area contributed by atoms with Gasteiger partial charge in [0.2, 0.25) is 17.4 Å². The minimum absolute atomic E-state index is 0.164. The maximum atomic E-state index is 11.4. The minimum Gasteiger partial charge on any atom is -0.480 e. The molecular formula is C20H22ClN7O2. The third kappa shape index (κ3) is 4.52. The molecule has 0 aromatic carbocycles. The van der Waals surface area contributed by atoms with Gasteiger partial charge >= 0.3 is 0 Å². The lowest BCUT2D eigenvalue weighted by molar-refractivity contribution is 0.307. The van der Waals surface area contributed by atoms with Crippen molar-refractivity contribution in [2.24, 2.45) is 0 Å². The zero-order chi connectivity index (χ0) is 21.1. The summed E-state index contributed by atoms with van der Waals surface area (Å²) in [6.45, 7) is 2.19. The standard InChI is InChI=1S/C20H22ClN7O2/c1-28-6-4-15-13(11-28)8-16(19(25-15)30-2)26-20-24-10-14(21)18(27-20)23-9-12-3-5-22-17(29)7-12/h3,5,7-8,10H,4,6,9,11H2,1-2H3,(H,22,29)(H2,23,24,26,27). The number of rotatable bonds is 6. The van der Waals surface area contributed by atoms with Gasteiger partial charge in [0, 0.05) is 38.3 Å². The monoisotopic (exact) mass is 427 g/mol.